The van der Waals surface area contributed by atoms with E-state index >= 15 is 0 Å². The van der Waals surface area contributed by atoms with Gasteiger partial charge in [0.05, 0.1) is 16.1 Å². The molecule has 0 fully saturated rings. The Labute approximate surface area is 135 Å². The van der Waals surface area contributed by atoms with Crippen molar-refractivity contribution < 1.29 is 13.0 Å². The smallest absolute Gasteiger partial charge is 0.160 e. The third kappa shape index (κ3) is 3.12. The fourth-order valence-corrected chi connectivity index (χ4v) is 3.21. The van der Waals surface area contributed by atoms with E-state index in [1.165, 1.54) is 0 Å². The molecule has 1 unspecified atom stereocenters. The maximum Gasteiger partial charge on any atom is 0.160 e. The third-order valence-electron chi connectivity index (χ3n) is 3.69. The fraction of sp³-hybridized carbons (Fsp3) is 0.176. The Kier molecular flexibility index (Phi) is 4.17. The van der Waals surface area contributed by atoms with Gasteiger partial charge in [0.2, 0.25) is 0 Å². The molecule has 0 aliphatic rings. The Bertz CT molecular complexity index is 872. The monoisotopic (exact) mass is 334 g/mol. The van der Waals surface area contributed by atoms with Crippen LogP contribution in [0.3, 0.4) is 0 Å². The molecule has 0 aliphatic carbocycles. The molecule has 0 aliphatic heterocycles. The Hall–Kier alpha value is -2.21. The average molecular weight is 334 g/mol. The van der Waals surface area contributed by atoms with Crippen LogP contribution in [0.4, 0.5) is 14.5 Å². The predicted molar refractivity (Wildman–Crippen MR) is 88.8 cm³/mol. The van der Waals surface area contributed by atoms with E-state index in [4.69, 9.17) is 0 Å². The molecule has 23 heavy (non-hydrogen) atoms. The Morgan fingerprint density at radius 1 is 1.09 bits per heavy atom. The number of rotatable bonds is 4. The van der Waals surface area contributed by atoms with Crippen LogP contribution in [0.1, 0.15) is 25.3 Å². The van der Waals surface area contributed by atoms with Crippen molar-refractivity contribution >= 4 is 27.6 Å². The molecule has 6 heteroatoms. The number of hydrogen-bond donors (Lipinski definition) is 2. The maximum absolute atomic E-state index is 13.4. The summed E-state index contributed by atoms with van der Waals surface area (Å²) < 4.78 is 41.8. The van der Waals surface area contributed by atoms with Gasteiger partial charge in [-0.05, 0) is 29.7 Å². The number of aromatic nitrogens is 1. The van der Waals surface area contributed by atoms with Gasteiger partial charge in [-0.1, -0.05) is 26.0 Å². The van der Waals surface area contributed by atoms with Crippen molar-refractivity contribution in [3.05, 3.63) is 59.8 Å². The van der Waals surface area contributed by atoms with E-state index in [1.54, 1.807) is 18.3 Å². The van der Waals surface area contributed by atoms with Crippen LogP contribution in [0.2, 0.25) is 0 Å². The molecule has 120 valence electrons. The van der Waals surface area contributed by atoms with Crippen LogP contribution in [-0.2, 0) is 11.0 Å². The first-order valence-electron chi connectivity index (χ1n) is 7.20. The molecule has 3 rings (SSSR count). The second kappa shape index (κ2) is 6.12. The first-order valence-corrected chi connectivity index (χ1v) is 8.35. The summed E-state index contributed by atoms with van der Waals surface area (Å²) in [5.74, 6) is -1.46. The summed E-state index contributed by atoms with van der Waals surface area (Å²) >= 11 is 0. The van der Waals surface area contributed by atoms with Crippen LogP contribution in [0.25, 0.3) is 10.9 Å². The highest BCUT2D eigenvalue weighted by atomic mass is 32.2. The van der Waals surface area contributed by atoms with Crippen LogP contribution in [-0.4, -0.2) is 9.19 Å². The van der Waals surface area contributed by atoms with Crippen molar-refractivity contribution in [2.24, 2.45) is 0 Å². The van der Waals surface area contributed by atoms with Crippen molar-refractivity contribution in [2.75, 3.05) is 4.72 Å². The second-order valence-corrected chi connectivity index (χ2v) is 6.82. The first-order chi connectivity index (χ1) is 11.0. The largest absolute Gasteiger partial charge is 0.359 e. The van der Waals surface area contributed by atoms with E-state index in [-0.39, 0.29) is 0 Å². The highest BCUT2D eigenvalue weighted by Gasteiger charge is 2.12. The molecule has 3 aromatic rings. The lowest BCUT2D eigenvalue weighted by atomic mass is 10.0. The summed E-state index contributed by atoms with van der Waals surface area (Å²) in [4.78, 5) is 3.45. The molecule has 2 N–H and O–H groups in total. The van der Waals surface area contributed by atoms with Gasteiger partial charge in [-0.2, -0.15) is 0 Å². The average Bonchev–Trinajstić information content (AvgIpc) is 2.90. The van der Waals surface area contributed by atoms with Crippen LogP contribution in [0, 0.1) is 11.6 Å². The molecular formula is C17H16F2N2OS. The van der Waals surface area contributed by atoms with Gasteiger partial charge in [-0.25, -0.2) is 13.0 Å². The number of benzene rings is 2. The lowest BCUT2D eigenvalue weighted by Gasteiger charge is -2.08. The van der Waals surface area contributed by atoms with Gasteiger partial charge in [0.15, 0.2) is 11.6 Å². The SMILES string of the molecule is CC(C)c1ccc(S(=O)Nc2c[nH]c3cc(F)c(F)cc23)cc1. The molecule has 1 aromatic heterocycles. The minimum atomic E-state index is -1.49. The standard InChI is InChI=1S/C17H16F2N2OS/c1-10(2)11-3-5-12(6-4-11)23(22)21-17-9-20-16-8-15(19)14(18)7-13(16)17/h3-10,20-21H,1-2H3. The van der Waals surface area contributed by atoms with Gasteiger partial charge in [0, 0.05) is 17.6 Å². The van der Waals surface area contributed by atoms with E-state index in [0.29, 0.717) is 27.4 Å². The molecule has 0 saturated heterocycles. The number of nitrogens with one attached hydrogen (secondary N) is 2. The van der Waals surface area contributed by atoms with Crippen LogP contribution < -0.4 is 4.72 Å². The quantitative estimate of drug-likeness (QED) is 0.713. The van der Waals surface area contributed by atoms with Crippen molar-refractivity contribution in [1.82, 2.24) is 4.98 Å². The van der Waals surface area contributed by atoms with E-state index in [0.717, 1.165) is 17.7 Å². The topological polar surface area (TPSA) is 44.9 Å². The lowest BCUT2D eigenvalue weighted by Crippen LogP contribution is -2.04. The van der Waals surface area contributed by atoms with Crippen LogP contribution in [0.15, 0.2) is 47.5 Å². The van der Waals surface area contributed by atoms with Gasteiger partial charge < -0.3 is 4.98 Å². The Morgan fingerprint density at radius 3 is 2.39 bits per heavy atom. The van der Waals surface area contributed by atoms with Gasteiger partial charge in [0.1, 0.15) is 11.0 Å². The second-order valence-electron chi connectivity index (χ2n) is 5.61. The van der Waals surface area contributed by atoms with Crippen LogP contribution in [0.5, 0.6) is 0 Å². The summed E-state index contributed by atoms with van der Waals surface area (Å²) in [6.45, 7) is 4.17. The number of H-pyrrole nitrogens is 1. The maximum atomic E-state index is 13.4. The van der Waals surface area contributed by atoms with E-state index in [1.807, 2.05) is 12.1 Å². The third-order valence-corrected chi connectivity index (χ3v) is 4.79. The molecule has 0 saturated carbocycles. The first kappa shape index (κ1) is 15.7. The summed E-state index contributed by atoms with van der Waals surface area (Å²) in [5, 5.41) is 0.455. The Morgan fingerprint density at radius 2 is 1.74 bits per heavy atom. The molecule has 0 amide bonds. The summed E-state index contributed by atoms with van der Waals surface area (Å²) in [7, 11) is -1.49. The highest BCUT2D eigenvalue weighted by Crippen LogP contribution is 2.27. The minimum absolute atomic E-state index is 0.400. The molecule has 2 aromatic carbocycles. The fourth-order valence-electron chi connectivity index (χ4n) is 2.34. The zero-order valence-electron chi connectivity index (χ0n) is 12.7. The predicted octanol–water partition coefficient (Wildman–Crippen LogP) is 4.70. The number of anilines is 1. The van der Waals surface area contributed by atoms with Crippen molar-refractivity contribution in [2.45, 2.75) is 24.7 Å². The number of fused-ring (bicyclic) bond motifs is 1. The normalized spacial score (nSPS) is 12.7. The molecule has 0 bridgehead atoms. The molecule has 3 nitrogen and oxygen atoms in total. The number of hydrogen-bond acceptors (Lipinski definition) is 1. The Balaban J connectivity index is 1.86. The van der Waals surface area contributed by atoms with Gasteiger partial charge >= 0.3 is 0 Å². The van der Waals surface area contributed by atoms with Crippen molar-refractivity contribution in [3.8, 4) is 0 Å². The summed E-state index contributed by atoms with van der Waals surface area (Å²) in [6.07, 6.45) is 1.55. The molecule has 1 atom stereocenters. The molecule has 1 heterocycles. The number of halogens is 2. The van der Waals surface area contributed by atoms with E-state index in [2.05, 4.69) is 23.6 Å². The highest BCUT2D eigenvalue weighted by molar-refractivity contribution is 7.86. The van der Waals surface area contributed by atoms with Gasteiger partial charge in [0.25, 0.3) is 0 Å². The zero-order chi connectivity index (χ0) is 16.6. The lowest BCUT2D eigenvalue weighted by molar-refractivity contribution is 0.511. The summed E-state index contributed by atoms with van der Waals surface area (Å²) in [5.41, 5.74) is 2.07. The van der Waals surface area contributed by atoms with Crippen molar-refractivity contribution in [3.63, 3.8) is 0 Å². The molecule has 0 spiro atoms. The van der Waals surface area contributed by atoms with Crippen molar-refractivity contribution in [1.29, 1.82) is 0 Å². The molecular weight excluding hydrogens is 318 g/mol. The minimum Gasteiger partial charge on any atom is -0.359 e. The van der Waals surface area contributed by atoms with E-state index in [9.17, 15) is 13.0 Å². The molecule has 0 radical (unpaired) electrons. The van der Waals surface area contributed by atoms with Crippen LogP contribution >= 0.6 is 0 Å². The zero-order valence-corrected chi connectivity index (χ0v) is 13.5. The summed E-state index contributed by atoms with van der Waals surface area (Å²) in [6, 6.07) is 9.63. The number of aromatic amines is 1. The van der Waals surface area contributed by atoms with Gasteiger partial charge in [-0.15, -0.1) is 0 Å². The van der Waals surface area contributed by atoms with E-state index < -0.39 is 22.6 Å². The van der Waals surface area contributed by atoms with Gasteiger partial charge in [-0.3, -0.25) is 4.72 Å².